The number of para-hydroxylation sites is 1. The highest BCUT2D eigenvalue weighted by Crippen LogP contribution is 2.24. The minimum atomic E-state index is -4.35. The number of rotatable bonds is 13. The highest BCUT2D eigenvalue weighted by atomic mass is 32.2. The zero-order valence-electron chi connectivity index (χ0n) is 23.6. The molecule has 0 radical (unpaired) electrons. The van der Waals surface area contributed by atoms with Gasteiger partial charge in [0.25, 0.3) is 0 Å². The van der Waals surface area contributed by atoms with E-state index in [2.05, 4.69) is 5.32 Å². The molecule has 2 atom stereocenters. The van der Waals surface area contributed by atoms with E-state index in [4.69, 9.17) is 0 Å². The fourth-order valence-electron chi connectivity index (χ4n) is 4.16. The lowest BCUT2D eigenvalue weighted by Crippen LogP contribution is -2.55. The third kappa shape index (κ3) is 8.11. The summed E-state index contributed by atoms with van der Waals surface area (Å²) in [7, 11) is -1.81. The number of carbonyl (C=O) groups is 2. The summed E-state index contributed by atoms with van der Waals surface area (Å²) < 4.78 is 57.9. The van der Waals surface area contributed by atoms with E-state index in [0.29, 0.717) is 10.7 Å². The van der Waals surface area contributed by atoms with Crippen LogP contribution in [0, 0.1) is 11.6 Å². The van der Waals surface area contributed by atoms with E-state index in [9.17, 15) is 26.8 Å². The van der Waals surface area contributed by atoms with Crippen LogP contribution in [0.15, 0.2) is 78.9 Å². The quantitative estimate of drug-likeness (QED) is 0.326. The fourth-order valence-corrected chi connectivity index (χ4v) is 5.23. The summed E-state index contributed by atoms with van der Waals surface area (Å²) in [6.45, 7) is 2.59. The predicted molar refractivity (Wildman–Crippen MR) is 155 cm³/mol. The van der Waals surface area contributed by atoms with Gasteiger partial charge in [0.1, 0.15) is 24.2 Å². The SMILES string of the molecule is CC[C@H](C)NC(=O)[C@H](Cc1ccccc1)N(Cc1ccccc1F)C(=O)CN(c1ccccc1F)S(=O)(=O)N(C)C. The number of carbonyl (C=O) groups excluding carboxylic acids is 2. The van der Waals surface area contributed by atoms with E-state index < -0.39 is 46.2 Å². The van der Waals surface area contributed by atoms with Crippen molar-refractivity contribution in [2.75, 3.05) is 24.9 Å². The summed E-state index contributed by atoms with van der Waals surface area (Å²) in [5.41, 5.74) is 0.558. The second-order valence-corrected chi connectivity index (χ2v) is 12.0. The minimum Gasteiger partial charge on any atom is -0.352 e. The Hall–Kier alpha value is -3.83. The molecule has 0 heterocycles. The molecule has 2 amide bonds. The van der Waals surface area contributed by atoms with Crippen molar-refractivity contribution in [2.24, 2.45) is 0 Å². The summed E-state index contributed by atoms with van der Waals surface area (Å²) >= 11 is 0. The van der Waals surface area contributed by atoms with E-state index in [1.54, 1.807) is 30.3 Å². The molecule has 0 aliphatic heterocycles. The molecule has 0 aliphatic rings. The van der Waals surface area contributed by atoms with Crippen LogP contribution in [0.3, 0.4) is 0 Å². The third-order valence-corrected chi connectivity index (χ3v) is 8.52. The molecule has 1 N–H and O–H groups in total. The smallest absolute Gasteiger partial charge is 0.304 e. The van der Waals surface area contributed by atoms with Crippen LogP contribution in [-0.4, -0.2) is 62.2 Å². The summed E-state index contributed by atoms with van der Waals surface area (Å²) in [6, 6.07) is 18.7. The van der Waals surface area contributed by atoms with Crippen molar-refractivity contribution in [1.82, 2.24) is 14.5 Å². The molecule has 0 aromatic heterocycles. The van der Waals surface area contributed by atoms with Crippen molar-refractivity contribution in [3.63, 3.8) is 0 Å². The Morgan fingerprint density at radius 1 is 0.878 bits per heavy atom. The number of hydrogen-bond donors (Lipinski definition) is 1. The van der Waals surface area contributed by atoms with Gasteiger partial charge in [-0.25, -0.2) is 13.1 Å². The standard InChI is InChI=1S/C30H36F2N4O4S/c1-5-22(2)33-30(38)28(19-23-13-7-6-8-14-23)35(20-24-15-9-10-16-25(24)31)29(37)21-36(41(39,40)34(3)4)27-18-12-11-17-26(27)32/h6-18,22,28H,5,19-21H2,1-4H3,(H,33,38)/t22-,28-/m0/s1. The van der Waals surface area contributed by atoms with Crippen LogP contribution in [0.5, 0.6) is 0 Å². The normalized spacial score (nSPS) is 13.0. The maximum Gasteiger partial charge on any atom is 0.304 e. The summed E-state index contributed by atoms with van der Waals surface area (Å²) in [5.74, 6) is -2.71. The first-order valence-corrected chi connectivity index (χ1v) is 14.7. The number of nitrogens with one attached hydrogen (secondary N) is 1. The lowest BCUT2D eigenvalue weighted by molar-refractivity contribution is -0.140. The first-order valence-electron chi connectivity index (χ1n) is 13.3. The first-order chi connectivity index (χ1) is 19.4. The van der Waals surface area contributed by atoms with Gasteiger partial charge in [-0.1, -0.05) is 67.6 Å². The van der Waals surface area contributed by atoms with Crippen molar-refractivity contribution in [1.29, 1.82) is 0 Å². The molecule has 3 rings (SSSR count). The van der Waals surface area contributed by atoms with Crippen molar-refractivity contribution < 1.29 is 26.8 Å². The van der Waals surface area contributed by atoms with Crippen LogP contribution >= 0.6 is 0 Å². The molecule has 0 spiro atoms. The molecule has 3 aromatic rings. The van der Waals surface area contributed by atoms with Crippen molar-refractivity contribution in [3.05, 3.63) is 102 Å². The van der Waals surface area contributed by atoms with Gasteiger partial charge in [-0.15, -0.1) is 0 Å². The van der Waals surface area contributed by atoms with Gasteiger partial charge in [-0.3, -0.25) is 9.59 Å². The maximum atomic E-state index is 14.9. The molecule has 0 unspecified atom stereocenters. The van der Waals surface area contributed by atoms with Gasteiger partial charge in [0.15, 0.2) is 0 Å². The van der Waals surface area contributed by atoms with Gasteiger partial charge in [-0.2, -0.15) is 12.7 Å². The monoisotopic (exact) mass is 586 g/mol. The van der Waals surface area contributed by atoms with Crippen LogP contribution in [0.1, 0.15) is 31.4 Å². The van der Waals surface area contributed by atoms with Crippen molar-refractivity contribution >= 4 is 27.7 Å². The summed E-state index contributed by atoms with van der Waals surface area (Å²) in [5, 5.41) is 2.90. The molecule has 41 heavy (non-hydrogen) atoms. The first kappa shape index (κ1) is 31.7. The molecule has 0 saturated heterocycles. The van der Waals surface area contributed by atoms with E-state index in [-0.39, 0.29) is 30.3 Å². The third-order valence-electron chi connectivity index (χ3n) is 6.71. The fraction of sp³-hybridized carbons (Fsp3) is 0.333. The molecule has 3 aromatic carbocycles. The second-order valence-electron chi connectivity index (χ2n) is 9.88. The van der Waals surface area contributed by atoms with Gasteiger partial charge in [-0.05, 0) is 37.1 Å². The van der Waals surface area contributed by atoms with Crippen LogP contribution in [0.2, 0.25) is 0 Å². The highest BCUT2D eigenvalue weighted by Gasteiger charge is 2.36. The van der Waals surface area contributed by atoms with E-state index >= 15 is 0 Å². The van der Waals surface area contributed by atoms with Gasteiger partial charge >= 0.3 is 10.2 Å². The van der Waals surface area contributed by atoms with E-state index in [0.717, 1.165) is 15.9 Å². The Morgan fingerprint density at radius 2 is 1.46 bits per heavy atom. The van der Waals surface area contributed by atoms with Crippen molar-refractivity contribution in [2.45, 2.75) is 45.3 Å². The molecule has 220 valence electrons. The van der Waals surface area contributed by atoms with Gasteiger partial charge < -0.3 is 10.2 Å². The number of benzene rings is 3. The average Bonchev–Trinajstić information content (AvgIpc) is 2.95. The van der Waals surface area contributed by atoms with Crippen LogP contribution in [-0.2, 0) is 32.8 Å². The molecule has 11 heteroatoms. The molecule has 8 nitrogen and oxygen atoms in total. The number of anilines is 1. The number of nitrogens with zero attached hydrogens (tertiary/aromatic N) is 3. The van der Waals surface area contributed by atoms with Crippen LogP contribution in [0.4, 0.5) is 14.5 Å². The second kappa shape index (κ2) is 14.2. The topological polar surface area (TPSA) is 90.0 Å². The Bertz CT molecular complexity index is 1440. The predicted octanol–water partition coefficient (Wildman–Crippen LogP) is 4.13. The van der Waals surface area contributed by atoms with E-state index in [1.807, 2.05) is 19.9 Å². The molecular weight excluding hydrogens is 550 g/mol. The Morgan fingerprint density at radius 3 is 2.05 bits per heavy atom. The van der Waals surface area contributed by atoms with Gasteiger partial charge in [0.05, 0.1) is 5.69 Å². The lowest BCUT2D eigenvalue weighted by Gasteiger charge is -2.35. The van der Waals surface area contributed by atoms with Gasteiger partial charge in [0, 0.05) is 38.7 Å². The Kier molecular flexibility index (Phi) is 11.0. The molecular formula is C30H36F2N4O4S. The number of halogens is 2. The molecule has 0 aliphatic carbocycles. The average molecular weight is 587 g/mol. The molecule has 0 fully saturated rings. The molecule has 0 bridgehead atoms. The van der Waals surface area contributed by atoms with Crippen molar-refractivity contribution in [3.8, 4) is 0 Å². The minimum absolute atomic E-state index is 0.0867. The maximum absolute atomic E-state index is 14.9. The van der Waals surface area contributed by atoms with E-state index in [1.165, 1.54) is 55.4 Å². The number of amides is 2. The zero-order chi connectivity index (χ0) is 30.2. The zero-order valence-corrected chi connectivity index (χ0v) is 24.4. The highest BCUT2D eigenvalue weighted by molar-refractivity contribution is 7.90. The lowest BCUT2D eigenvalue weighted by atomic mass is 10.0. The Balaban J connectivity index is 2.12. The number of hydrogen-bond acceptors (Lipinski definition) is 4. The van der Waals surface area contributed by atoms with Crippen LogP contribution in [0.25, 0.3) is 0 Å². The Labute approximate surface area is 240 Å². The molecule has 0 saturated carbocycles. The van der Waals surface area contributed by atoms with Gasteiger partial charge in [0.2, 0.25) is 11.8 Å². The summed E-state index contributed by atoms with van der Waals surface area (Å²) in [4.78, 5) is 28.9. The van der Waals surface area contributed by atoms with Crippen LogP contribution < -0.4 is 9.62 Å². The largest absolute Gasteiger partial charge is 0.352 e. The summed E-state index contributed by atoms with van der Waals surface area (Å²) in [6.07, 6.45) is 0.719.